The monoisotopic (exact) mass is 373 g/mol. The van der Waals surface area contributed by atoms with Crippen LogP contribution in [0.2, 0.25) is 0 Å². The smallest absolute Gasteiger partial charge is 0.305 e. The number of ether oxygens (including phenoxy) is 1. The molecule has 1 saturated heterocycles. The Labute approximate surface area is 135 Å². The first kappa shape index (κ1) is 16.3. The van der Waals surface area contributed by atoms with Gasteiger partial charge in [0.25, 0.3) is 0 Å². The molecule has 0 radical (unpaired) electrons. The van der Waals surface area contributed by atoms with Gasteiger partial charge in [-0.2, -0.15) is 0 Å². The number of aliphatic carboxylic acids is 1. The van der Waals surface area contributed by atoms with Gasteiger partial charge in [-0.3, -0.25) is 9.59 Å². The van der Waals surface area contributed by atoms with E-state index in [0.29, 0.717) is 25.5 Å². The second kappa shape index (κ2) is 7.82. The maximum Gasteiger partial charge on any atom is 0.305 e. The zero-order valence-corrected chi connectivity index (χ0v) is 13.7. The summed E-state index contributed by atoms with van der Waals surface area (Å²) in [7, 11) is 0. The molecule has 7 heteroatoms. The van der Waals surface area contributed by atoms with Crippen LogP contribution in [0.1, 0.15) is 6.42 Å². The zero-order valence-electron chi connectivity index (χ0n) is 11.3. The van der Waals surface area contributed by atoms with E-state index < -0.39 is 5.97 Å². The first-order valence-corrected chi connectivity index (χ1v) is 8.31. The van der Waals surface area contributed by atoms with Crippen LogP contribution in [0.4, 0.5) is 0 Å². The molecule has 1 atom stereocenters. The first-order valence-electron chi connectivity index (χ1n) is 6.53. The molecule has 1 aromatic carbocycles. The molecule has 0 saturated carbocycles. The molecule has 0 spiro atoms. The average molecular weight is 374 g/mol. The molecular formula is C14H16BrNO4S. The summed E-state index contributed by atoms with van der Waals surface area (Å²) >= 11 is 4.82. The Morgan fingerprint density at radius 1 is 1.38 bits per heavy atom. The van der Waals surface area contributed by atoms with Crippen molar-refractivity contribution in [3.8, 4) is 0 Å². The Morgan fingerprint density at radius 2 is 2.10 bits per heavy atom. The van der Waals surface area contributed by atoms with E-state index in [1.807, 2.05) is 24.3 Å². The minimum atomic E-state index is -0.913. The summed E-state index contributed by atoms with van der Waals surface area (Å²) in [6, 6.07) is 7.37. The second-order valence-corrected chi connectivity index (χ2v) is 6.62. The number of rotatable bonds is 5. The predicted octanol–water partition coefficient (Wildman–Crippen LogP) is 2.24. The fourth-order valence-corrected chi connectivity index (χ4v) is 3.16. The van der Waals surface area contributed by atoms with E-state index in [1.54, 1.807) is 4.90 Å². The molecule has 1 N–H and O–H groups in total. The zero-order chi connectivity index (χ0) is 15.2. The van der Waals surface area contributed by atoms with Gasteiger partial charge in [0.15, 0.2) is 0 Å². The van der Waals surface area contributed by atoms with Gasteiger partial charge in [-0.15, -0.1) is 11.8 Å². The Kier molecular flexibility index (Phi) is 6.08. The lowest BCUT2D eigenvalue weighted by Crippen LogP contribution is -2.50. The van der Waals surface area contributed by atoms with Gasteiger partial charge in [0, 0.05) is 15.9 Å². The highest BCUT2D eigenvalue weighted by molar-refractivity contribution is 9.10. The van der Waals surface area contributed by atoms with Crippen LogP contribution in [0, 0.1) is 0 Å². The number of carbonyl (C=O) groups is 2. The lowest BCUT2D eigenvalue weighted by molar-refractivity contribution is -0.144. The first-order chi connectivity index (χ1) is 10.1. The summed E-state index contributed by atoms with van der Waals surface area (Å²) in [5.41, 5.74) is 0. The number of carboxylic acids is 1. The molecular weight excluding hydrogens is 358 g/mol. The van der Waals surface area contributed by atoms with Gasteiger partial charge in [0.1, 0.15) is 0 Å². The number of nitrogens with zero attached hydrogens (tertiary/aromatic N) is 1. The molecule has 0 aliphatic carbocycles. The maximum absolute atomic E-state index is 12.3. The number of morpholine rings is 1. The van der Waals surface area contributed by atoms with Crippen molar-refractivity contribution in [2.75, 3.05) is 25.5 Å². The lowest BCUT2D eigenvalue weighted by Gasteiger charge is -2.34. The Balaban J connectivity index is 1.91. The van der Waals surface area contributed by atoms with Crippen molar-refractivity contribution in [3.63, 3.8) is 0 Å². The lowest BCUT2D eigenvalue weighted by atomic mass is 10.1. The number of halogens is 1. The normalized spacial score (nSPS) is 18.5. The molecule has 1 unspecified atom stereocenters. The molecule has 0 bridgehead atoms. The standard InChI is InChI=1S/C14H16BrNO4S/c15-10-1-3-12(4-2-10)21-9-13(17)16-5-6-20-8-11(16)7-14(18)19/h1-4,11H,5-9H2,(H,18,19). The second-order valence-electron chi connectivity index (χ2n) is 4.66. The highest BCUT2D eigenvalue weighted by atomic mass is 79.9. The van der Waals surface area contributed by atoms with Crippen LogP contribution in [0.3, 0.4) is 0 Å². The van der Waals surface area contributed by atoms with Crippen LogP contribution in [-0.4, -0.2) is 53.4 Å². The van der Waals surface area contributed by atoms with Gasteiger partial charge in [-0.1, -0.05) is 15.9 Å². The number of thioether (sulfide) groups is 1. The summed E-state index contributed by atoms with van der Waals surface area (Å²) in [5, 5.41) is 8.90. The summed E-state index contributed by atoms with van der Waals surface area (Å²) in [6.07, 6.45) is -0.0747. The van der Waals surface area contributed by atoms with Crippen LogP contribution in [0.15, 0.2) is 33.6 Å². The molecule has 114 valence electrons. The molecule has 5 nitrogen and oxygen atoms in total. The van der Waals surface area contributed by atoms with Crippen LogP contribution < -0.4 is 0 Å². The predicted molar refractivity (Wildman–Crippen MR) is 83.4 cm³/mol. The third kappa shape index (κ3) is 5.01. The topological polar surface area (TPSA) is 66.8 Å². The van der Waals surface area contributed by atoms with Crippen molar-refractivity contribution in [2.45, 2.75) is 17.4 Å². The third-order valence-electron chi connectivity index (χ3n) is 3.13. The van der Waals surface area contributed by atoms with E-state index in [0.717, 1.165) is 9.37 Å². The molecule has 1 fully saturated rings. The van der Waals surface area contributed by atoms with Crippen LogP contribution >= 0.6 is 27.7 Å². The highest BCUT2D eigenvalue weighted by Crippen LogP contribution is 2.22. The molecule has 2 rings (SSSR count). The summed E-state index contributed by atoms with van der Waals surface area (Å²) < 4.78 is 6.26. The fourth-order valence-electron chi connectivity index (χ4n) is 2.11. The molecule has 1 heterocycles. The van der Waals surface area contributed by atoms with Crippen molar-refractivity contribution in [1.82, 2.24) is 4.90 Å². The van der Waals surface area contributed by atoms with E-state index in [1.165, 1.54) is 11.8 Å². The Hall–Kier alpha value is -1.05. The van der Waals surface area contributed by atoms with E-state index >= 15 is 0 Å². The largest absolute Gasteiger partial charge is 0.481 e. The molecule has 21 heavy (non-hydrogen) atoms. The highest BCUT2D eigenvalue weighted by Gasteiger charge is 2.28. The minimum Gasteiger partial charge on any atom is -0.481 e. The van der Waals surface area contributed by atoms with E-state index in [9.17, 15) is 9.59 Å². The van der Waals surface area contributed by atoms with Gasteiger partial charge in [0.2, 0.25) is 5.91 Å². The number of carbonyl (C=O) groups excluding carboxylic acids is 1. The van der Waals surface area contributed by atoms with Crippen molar-refractivity contribution in [3.05, 3.63) is 28.7 Å². The van der Waals surface area contributed by atoms with Gasteiger partial charge in [0.05, 0.1) is 31.4 Å². The van der Waals surface area contributed by atoms with Crippen LogP contribution in [0.25, 0.3) is 0 Å². The summed E-state index contributed by atoms with van der Waals surface area (Å²) in [5.74, 6) is -0.654. The third-order valence-corrected chi connectivity index (χ3v) is 4.66. The molecule has 1 aromatic rings. The van der Waals surface area contributed by atoms with Gasteiger partial charge in [-0.25, -0.2) is 0 Å². The molecule has 1 amide bonds. The number of hydrogen-bond donors (Lipinski definition) is 1. The maximum atomic E-state index is 12.3. The van der Waals surface area contributed by atoms with Crippen molar-refractivity contribution in [1.29, 1.82) is 0 Å². The van der Waals surface area contributed by atoms with Crippen molar-refractivity contribution >= 4 is 39.6 Å². The Bertz CT molecular complexity index is 508. The molecule has 1 aliphatic heterocycles. The van der Waals surface area contributed by atoms with Gasteiger partial charge in [-0.05, 0) is 24.3 Å². The summed E-state index contributed by atoms with van der Waals surface area (Å²) in [6.45, 7) is 1.21. The number of hydrogen-bond acceptors (Lipinski definition) is 4. The molecule has 1 aliphatic rings. The summed E-state index contributed by atoms with van der Waals surface area (Å²) in [4.78, 5) is 25.8. The van der Waals surface area contributed by atoms with Crippen molar-refractivity contribution in [2.24, 2.45) is 0 Å². The SMILES string of the molecule is O=C(O)CC1COCCN1C(=O)CSc1ccc(Br)cc1. The Morgan fingerprint density at radius 3 is 2.76 bits per heavy atom. The number of carboxylic acid groups (broad SMARTS) is 1. The van der Waals surface area contributed by atoms with Gasteiger partial charge < -0.3 is 14.7 Å². The van der Waals surface area contributed by atoms with Crippen LogP contribution in [0.5, 0.6) is 0 Å². The van der Waals surface area contributed by atoms with E-state index in [4.69, 9.17) is 9.84 Å². The van der Waals surface area contributed by atoms with E-state index in [2.05, 4.69) is 15.9 Å². The quantitative estimate of drug-likeness (QED) is 0.801. The van der Waals surface area contributed by atoms with Gasteiger partial charge >= 0.3 is 5.97 Å². The van der Waals surface area contributed by atoms with E-state index in [-0.39, 0.29) is 18.4 Å². The average Bonchev–Trinajstić information content (AvgIpc) is 2.46. The fraction of sp³-hybridized carbons (Fsp3) is 0.429. The number of amides is 1. The van der Waals surface area contributed by atoms with Crippen molar-refractivity contribution < 1.29 is 19.4 Å². The minimum absolute atomic E-state index is 0.0440. The number of benzene rings is 1. The van der Waals surface area contributed by atoms with Crippen LogP contribution in [-0.2, 0) is 14.3 Å². The molecule has 0 aromatic heterocycles.